The van der Waals surface area contributed by atoms with Crippen LogP contribution >= 0.6 is 11.6 Å². The summed E-state index contributed by atoms with van der Waals surface area (Å²) in [5.74, 6) is -0.0504. The summed E-state index contributed by atoms with van der Waals surface area (Å²) in [5.41, 5.74) is -0.321. The van der Waals surface area contributed by atoms with E-state index in [0.29, 0.717) is 19.8 Å². The van der Waals surface area contributed by atoms with E-state index in [1.54, 1.807) is 0 Å². The summed E-state index contributed by atoms with van der Waals surface area (Å²) >= 11 is 5.93. The Balaban J connectivity index is 1.81. The molecular formula is C16H22ClN3O5. The summed E-state index contributed by atoms with van der Waals surface area (Å²) in [6.07, 6.45) is 0. The number of carbonyl (C=O) groups excluding carboxylic acids is 1. The molecule has 1 aromatic carbocycles. The number of hydrogen-bond acceptors (Lipinski definition) is 6. The molecule has 1 aliphatic rings. The van der Waals surface area contributed by atoms with Gasteiger partial charge in [0.1, 0.15) is 5.75 Å². The minimum atomic E-state index is -0.546. The lowest BCUT2D eigenvalue weighted by atomic mass is 10.0. The molecule has 25 heavy (non-hydrogen) atoms. The minimum absolute atomic E-state index is 0.0932. The normalized spacial score (nSPS) is 15.6. The molecule has 0 aromatic heterocycles. The van der Waals surface area contributed by atoms with E-state index in [1.807, 2.05) is 0 Å². The number of nitro groups is 1. The maximum absolute atomic E-state index is 12.0. The average molecular weight is 372 g/mol. The smallest absolute Gasteiger partial charge is 0.271 e. The second-order valence-electron chi connectivity index (χ2n) is 6.35. The molecule has 0 atom stereocenters. The molecule has 1 aromatic rings. The van der Waals surface area contributed by atoms with Gasteiger partial charge < -0.3 is 14.8 Å². The highest BCUT2D eigenvalue weighted by molar-refractivity contribution is 6.32. The van der Waals surface area contributed by atoms with E-state index in [-0.39, 0.29) is 34.5 Å². The van der Waals surface area contributed by atoms with E-state index in [1.165, 1.54) is 18.2 Å². The van der Waals surface area contributed by atoms with Crippen molar-refractivity contribution in [2.24, 2.45) is 0 Å². The van der Waals surface area contributed by atoms with Gasteiger partial charge >= 0.3 is 0 Å². The third-order valence-electron chi connectivity index (χ3n) is 4.07. The summed E-state index contributed by atoms with van der Waals surface area (Å²) in [7, 11) is 0. The van der Waals surface area contributed by atoms with Gasteiger partial charge in [-0.25, -0.2) is 0 Å². The quantitative estimate of drug-likeness (QED) is 0.580. The Morgan fingerprint density at radius 3 is 2.72 bits per heavy atom. The van der Waals surface area contributed by atoms with Crippen LogP contribution in [0.5, 0.6) is 5.75 Å². The molecule has 1 aliphatic heterocycles. The zero-order valence-electron chi connectivity index (χ0n) is 14.3. The van der Waals surface area contributed by atoms with Crippen LogP contribution in [0.1, 0.15) is 13.8 Å². The molecule has 138 valence electrons. The maximum atomic E-state index is 12.0. The lowest BCUT2D eigenvalue weighted by Crippen LogP contribution is -2.55. The topological polar surface area (TPSA) is 93.9 Å². The van der Waals surface area contributed by atoms with Crippen molar-refractivity contribution in [1.82, 2.24) is 10.2 Å². The maximum Gasteiger partial charge on any atom is 0.271 e. The monoisotopic (exact) mass is 371 g/mol. The highest BCUT2D eigenvalue weighted by Gasteiger charge is 2.28. The number of benzene rings is 1. The second-order valence-corrected chi connectivity index (χ2v) is 6.76. The van der Waals surface area contributed by atoms with Crippen molar-refractivity contribution in [3.8, 4) is 5.75 Å². The molecule has 0 bridgehead atoms. The number of carbonyl (C=O) groups is 1. The predicted octanol–water partition coefficient (Wildman–Crippen LogP) is 1.85. The summed E-state index contributed by atoms with van der Waals surface area (Å²) in [6.45, 7) is 7.44. The van der Waals surface area contributed by atoms with Crippen LogP contribution in [0.3, 0.4) is 0 Å². The third-order valence-corrected chi connectivity index (χ3v) is 4.37. The van der Waals surface area contributed by atoms with E-state index in [9.17, 15) is 14.9 Å². The molecule has 9 heteroatoms. The second kappa shape index (κ2) is 8.46. The Hall–Kier alpha value is -1.90. The number of hydrogen-bond donors (Lipinski definition) is 1. The first-order valence-electron chi connectivity index (χ1n) is 7.96. The summed E-state index contributed by atoms with van der Waals surface area (Å²) in [6, 6.07) is 3.85. The Morgan fingerprint density at radius 2 is 2.12 bits per heavy atom. The van der Waals surface area contributed by atoms with Gasteiger partial charge in [0.25, 0.3) is 11.6 Å². The van der Waals surface area contributed by atoms with Crippen LogP contribution in [0.25, 0.3) is 0 Å². The fourth-order valence-corrected chi connectivity index (χ4v) is 2.74. The van der Waals surface area contributed by atoms with E-state index in [4.69, 9.17) is 21.1 Å². The number of non-ortho nitro benzene ring substituents is 1. The number of amides is 1. The van der Waals surface area contributed by atoms with Gasteiger partial charge in [0, 0.05) is 37.3 Å². The highest BCUT2D eigenvalue weighted by atomic mass is 35.5. The average Bonchev–Trinajstić information content (AvgIpc) is 2.59. The highest BCUT2D eigenvalue weighted by Crippen LogP contribution is 2.28. The molecule has 1 amide bonds. The lowest BCUT2D eigenvalue weighted by molar-refractivity contribution is -0.384. The molecule has 1 N–H and O–H groups in total. The van der Waals surface area contributed by atoms with Crippen molar-refractivity contribution in [3.05, 3.63) is 33.3 Å². The first kappa shape index (κ1) is 19.4. The van der Waals surface area contributed by atoms with Crippen LogP contribution < -0.4 is 10.1 Å². The van der Waals surface area contributed by atoms with Crippen LogP contribution in [0.4, 0.5) is 5.69 Å². The van der Waals surface area contributed by atoms with Crippen molar-refractivity contribution in [2.75, 3.05) is 39.5 Å². The number of nitrogens with one attached hydrogen (secondary N) is 1. The summed E-state index contributed by atoms with van der Waals surface area (Å²) in [4.78, 5) is 24.4. The molecule has 1 saturated heterocycles. The molecule has 1 heterocycles. The van der Waals surface area contributed by atoms with Crippen molar-refractivity contribution in [1.29, 1.82) is 0 Å². The van der Waals surface area contributed by atoms with E-state index in [2.05, 4.69) is 24.1 Å². The van der Waals surface area contributed by atoms with Crippen molar-refractivity contribution in [3.63, 3.8) is 0 Å². The van der Waals surface area contributed by atoms with Gasteiger partial charge in [-0.05, 0) is 19.9 Å². The van der Waals surface area contributed by atoms with Crippen LogP contribution in [-0.4, -0.2) is 60.7 Å². The standard InChI is InChI=1S/C16H22ClN3O5/c1-16(2,19-5-7-24-8-6-19)11-18-15(21)10-25-14-4-3-12(20(22)23)9-13(14)17/h3-4,9H,5-8,10-11H2,1-2H3,(H,18,21). The zero-order chi connectivity index (χ0) is 18.4. The first-order valence-corrected chi connectivity index (χ1v) is 8.33. The van der Waals surface area contributed by atoms with E-state index >= 15 is 0 Å². The minimum Gasteiger partial charge on any atom is -0.482 e. The molecule has 0 spiro atoms. The largest absolute Gasteiger partial charge is 0.482 e. The Morgan fingerprint density at radius 1 is 1.44 bits per heavy atom. The third kappa shape index (κ3) is 5.55. The predicted molar refractivity (Wildman–Crippen MR) is 93.1 cm³/mol. The lowest BCUT2D eigenvalue weighted by Gasteiger charge is -2.40. The summed E-state index contributed by atoms with van der Waals surface area (Å²) < 4.78 is 10.7. The van der Waals surface area contributed by atoms with Gasteiger partial charge in [-0.15, -0.1) is 0 Å². The van der Waals surface area contributed by atoms with Gasteiger partial charge in [-0.1, -0.05) is 11.6 Å². The Kier molecular flexibility index (Phi) is 6.57. The molecule has 8 nitrogen and oxygen atoms in total. The number of rotatable bonds is 7. The fourth-order valence-electron chi connectivity index (χ4n) is 2.51. The van der Waals surface area contributed by atoms with Crippen LogP contribution in [0.15, 0.2) is 18.2 Å². The molecule has 0 unspecified atom stereocenters. The van der Waals surface area contributed by atoms with E-state index < -0.39 is 4.92 Å². The van der Waals surface area contributed by atoms with Crippen LogP contribution in [0.2, 0.25) is 5.02 Å². The van der Waals surface area contributed by atoms with Crippen molar-refractivity contribution < 1.29 is 19.2 Å². The first-order chi connectivity index (χ1) is 11.8. The number of ether oxygens (including phenoxy) is 2. The molecule has 0 saturated carbocycles. The Bertz CT molecular complexity index is 632. The number of nitro benzene ring substituents is 1. The SMILES string of the molecule is CC(C)(CNC(=O)COc1ccc([N+](=O)[O-])cc1Cl)N1CCOCC1. The number of halogens is 1. The molecule has 0 radical (unpaired) electrons. The number of morpholine rings is 1. The molecular weight excluding hydrogens is 350 g/mol. The zero-order valence-corrected chi connectivity index (χ0v) is 15.0. The fraction of sp³-hybridized carbons (Fsp3) is 0.562. The molecule has 1 fully saturated rings. The summed E-state index contributed by atoms with van der Waals surface area (Å²) in [5, 5.41) is 13.6. The Labute approximate surface area is 151 Å². The van der Waals surface area contributed by atoms with Gasteiger partial charge in [0.15, 0.2) is 6.61 Å². The molecule has 2 rings (SSSR count). The van der Waals surface area contributed by atoms with Crippen LogP contribution in [-0.2, 0) is 9.53 Å². The number of nitrogens with zero attached hydrogens (tertiary/aromatic N) is 2. The molecule has 0 aliphatic carbocycles. The van der Waals surface area contributed by atoms with Crippen molar-refractivity contribution in [2.45, 2.75) is 19.4 Å². The van der Waals surface area contributed by atoms with Crippen LogP contribution in [0, 0.1) is 10.1 Å². The van der Waals surface area contributed by atoms with Gasteiger partial charge in [0.2, 0.25) is 0 Å². The van der Waals surface area contributed by atoms with Gasteiger partial charge in [-0.2, -0.15) is 0 Å². The van der Waals surface area contributed by atoms with Crippen molar-refractivity contribution >= 4 is 23.2 Å². The van der Waals surface area contributed by atoms with Gasteiger partial charge in [-0.3, -0.25) is 19.8 Å². The van der Waals surface area contributed by atoms with Gasteiger partial charge in [0.05, 0.1) is 23.2 Å². The van der Waals surface area contributed by atoms with E-state index in [0.717, 1.165) is 13.1 Å².